The minimum absolute atomic E-state index is 0.164. The molecule has 2 rings (SSSR count). The van der Waals surface area contributed by atoms with E-state index in [0.717, 1.165) is 25.7 Å². The average Bonchev–Trinajstić information content (AvgIpc) is 3.00. The smallest absolute Gasteiger partial charge is 0.239 e. The van der Waals surface area contributed by atoms with E-state index in [0.29, 0.717) is 11.3 Å². The molecule has 0 heterocycles. The molecule has 5 heteroatoms. The maximum Gasteiger partial charge on any atom is 0.239 e. The summed E-state index contributed by atoms with van der Waals surface area (Å²) in [6.45, 7) is 1.72. The Balaban J connectivity index is 1.96. The topological polar surface area (TPSA) is 70.0 Å². The van der Waals surface area contributed by atoms with E-state index in [2.05, 4.69) is 5.32 Å². The third-order valence-electron chi connectivity index (χ3n) is 3.63. The molecule has 0 bridgehead atoms. The van der Waals surface area contributed by atoms with Gasteiger partial charge in [-0.3, -0.25) is 9.00 Å². The Kier molecular flexibility index (Phi) is 4.91. The second-order valence-electron chi connectivity index (χ2n) is 5.06. The van der Waals surface area contributed by atoms with E-state index in [1.807, 2.05) is 6.07 Å². The molecule has 4 nitrogen and oxygen atoms in total. The molecule has 2 unspecified atom stereocenters. The van der Waals surface area contributed by atoms with Crippen molar-refractivity contribution >= 4 is 22.4 Å². The van der Waals surface area contributed by atoms with E-state index in [9.17, 15) is 9.00 Å². The van der Waals surface area contributed by atoms with Gasteiger partial charge in [0.15, 0.2) is 0 Å². The Morgan fingerprint density at radius 3 is 2.50 bits per heavy atom. The lowest BCUT2D eigenvalue weighted by Crippen LogP contribution is -2.33. The second-order valence-corrected chi connectivity index (χ2v) is 7.09. The van der Waals surface area contributed by atoms with Crippen LogP contribution in [0.2, 0.25) is 0 Å². The quantitative estimate of drug-likeness (QED) is 0.926. The molecule has 0 saturated heterocycles. The number of nitriles is 1. The summed E-state index contributed by atoms with van der Waals surface area (Å²) < 4.78 is 12.3. The van der Waals surface area contributed by atoms with Crippen LogP contribution in [0.15, 0.2) is 24.3 Å². The summed E-state index contributed by atoms with van der Waals surface area (Å²) in [4.78, 5) is 12.1. The summed E-state index contributed by atoms with van der Waals surface area (Å²) in [5.74, 6) is -0.222. The fourth-order valence-electron chi connectivity index (χ4n) is 2.39. The molecule has 1 aliphatic rings. The van der Waals surface area contributed by atoms with Gasteiger partial charge < -0.3 is 5.32 Å². The third-order valence-corrected chi connectivity index (χ3v) is 5.67. The fourth-order valence-corrected chi connectivity index (χ4v) is 4.03. The van der Waals surface area contributed by atoms with Gasteiger partial charge in [-0.25, -0.2) is 0 Å². The van der Waals surface area contributed by atoms with Gasteiger partial charge in [0.05, 0.1) is 11.6 Å². The third kappa shape index (κ3) is 3.45. The van der Waals surface area contributed by atoms with Crippen LogP contribution in [0.1, 0.15) is 38.2 Å². The number of carbonyl (C=O) groups is 1. The zero-order chi connectivity index (χ0) is 14.5. The zero-order valence-corrected chi connectivity index (χ0v) is 12.3. The van der Waals surface area contributed by atoms with E-state index >= 15 is 0 Å². The van der Waals surface area contributed by atoms with Gasteiger partial charge in [-0.05, 0) is 44.0 Å². The van der Waals surface area contributed by atoms with Crippen LogP contribution < -0.4 is 5.32 Å². The van der Waals surface area contributed by atoms with Crippen LogP contribution in [0.3, 0.4) is 0 Å². The molecule has 20 heavy (non-hydrogen) atoms. The highest BCUT2D eigenvalue weighted by molar-refractivity contribution is 7.87. The minimum Gasteiger partial charge on any atom is -0.325 e. The van der Waals surface area contributed by atoms with Crippen molar-refractivity contribution in [3.63, 3.8) is 0 Å². The molecular weight excluding hydrogens is 272 g/mol. The molecule has 0 radical (unpaired) electrons. The summed E-state index contributed by atoms with van der Waals surface area (Å²) in [5.41, 5.74) is 1.18. The largest absolute Gasteiger partial charge is 0.325 e. The molecule has 1 amide bonds. The monoisotopic (exact) mass is 290 g/mol. The van der Waals surface area contributed by atoms with E-state index in [4.69, 9.17) is 5.26 Å². The number of nitrogens with one attached hydrogen (secondary N) is 1. The molecular formula is C15H18N2O2S. The standard InChI is InChI=1S/C15H18N2O2S/c1-11(20(19)14-4-2-3-5-14)15(18)17-13-8-6-12(10-16)7-9-13/h6-9,11,14H,2-5H2,1H3,(H,17,18). The van der Waals surface area contributed by atoms with Crippen molar-refractivity contribution in [2.75, 3.05) is 5.32 Å². The summed E-state index contributed by atoms with van der Waals surface area (Å²) in [6.07, 6.45) is 4.14. The Morgan fingerprint density at radius 1 is 1.35 bits per heavy atom. The van der Waals surface area contributed by atoms with Crippen molar-refractivity contribution in [3.05, 3.63) is 29.8 Å². The highest BCUT2D eigenvalue weighted by Gasteiger charge is 2.29. The lowest BCUT2D eigenvalue weighted by atomic mass is 10.2. The lowest BCUT2D eigenvalue weighted by molar-refractivity contribution is -0.115. The molecule has 1 saturated carbocycles. The van der Waals surface area contributed by atoms with Gasteiger partial charge in [0.1, 0.15) is 5.25 Å². The predicted molar refractivity (Wildman–Crippen MR) is 79.6 cm³/mol. The summed E-state index contributed by atoms with van der Waals surface area (Å²) in [5, 5.41) is 11.1. The van der Waals surface area contributed by atoms with Crippen molar-refractivity contribution in [2.45, 2.75) is 43.1 Å². The number of rotatable bonds is 4. The summed E-state index contributed by atoms with van der Waals surface area (Å²) >= 11 is 0. The Morgan fingerprint density at radius 2 is 1.95 bits per heavy atom. The average molecular weight is 290 g/mol. The zero-order valence-electron chi connectivity index (χ0n) is 11.5. The molecule has 1 aliphatic carbocycles. The van der Waals surface area contributed by atoms with Crippen LogP contribution in [0.4, 0.5) is 5.69 Å². The van der Waals surface area contributed by atoms with Gasteiger partial charge in [-0.1, -0.05) is 12.8 Å². The Labute approximate surface area is 121 Å². The van der Waals surface area contributed by atoms with Crippen molar-refractivity contribution in [3.8, 4) is 6.07 Å². The first kappa shape index (κ1) is 14.7. The van der Waals surface area contributed by atoms with Crippen molar-refractivity contribution in [1.29, 1.82) is 5.26 Å². The number of carbonyl (C=O) groups excluding carboxylic acids is 1. The molecule has 1 aromatic rings. The summed E-state index contributed by atoms with van der Waals surface area (Å²) in [6, 6.07) is 8.68. The van der Waals surface area contributed by atoms with Gasteiger partial charge in [0.25, 0.3) is 0 Å². The van der Waals surface area contributed by atoms with Crippen molar-refractivity contribution in [2.24, 2.45) is 0 Å². The Bertz CT molecular complexity index is 542. The van der Waals surface area contributed by atoms with Gasteiger partial charge in [-0.15, -0.1) is 0 Å². The van der Waals surface area contributed by atoms with Gasteiger partial charge >= 0.3 is 0 Å². The molecule has 1 fully saturated rings. The fraction of sp³-hybridized carbons (Fsp3) is 0.467. The van der Waals surface area contributed by atoms with Crippen LogP contribution in [0.5, 0.6) is 0 Å². The molecule has 0 aliphatic heterocycles. The molecule has 2 atom stereocenters. The molecule has 1 aromatic carbocycles. The lowest BCUT2D eigenvalue weighted by Gasteiger charge is -2.16. The van der Waals surface area contributed by atoms with Crippen LogP contribution in [-0.2, 0) is 15.6 Å². The first-order valence-corrected chi connectivity index (χ1v) is 8.10. The molecule has 106 valence electrons. The SMILES string of the molecule is CC(C(=O)Nc1ccc(C#N)cc1)S(=O)C1CCCC1. The van der Waals surface area contributed by atoms with Crippen LogP contribution >= 0.6 is 0 Å². The number of nitrogens with zero attached hydrogens (tertiary/aromatic N) is 1. The predicted octanol–water partition coefficient (Wildman–Crippen LogP) is 2.58. The van der Waals surface area contributed by atoms with Crippen LogP contribution in [0.25, 0.3) is 0 Å². The number of benzene rings is 1. The van der Waals surface area contributed by atoms with Gasteiger partial charge in [0, 0.05) is 21.7 Å². The van der Waals surface area contributed by atoms with Gasteiger partial charge in [-0.2, -0.15) is 5.26 Å². The van der Waals surface area contributed by atoms with Crippen molar-refractivity contribution < 1.29 is 9.00 Å². The molecule has 0 spiro atoms. The Hall–Kier alpha value is -1.67. The highest BCUT2D eigenvalue weighted by atomic mass is 32.2. The van der Waals surface area contributed by atoms with E-state index in [1.165, 1.54) is 0 Å². The maximum atomic E-state index is 12.3. The van der Waals surface area contributed by atoms with E-state index < -0.39 is 16.0 Å². The summed E-state index contributed by atoms with van der Waals surface area (Å²) in [7, 11) is -1.11. The number of anilines is 1. The number of hydrogen-bond donors (Lipinski definition) is 1. The van der Waals surface area contributed by atoms with E-state index in [-0.39, 0.29) is 11.2 Å². The maximum absolute atomic E-state index is 12.3. The molecule has 1 N–H and O–H groups in total. The normalized spacial score (nSPS) is 18.2. The first-order valence-electron chi connectivity index (χ1n) is 6.82. The highest BCUT2D eigenvalue weighted by Crippen LogP contribution is 2.25. The first-order chi connectivity index (χ1) is 9.61. The van der Waals surface area contributed by atoms with E-state index in [1.54, 1.807) is 31.2 Å². The van der Waals surface area contributed by atoms with Crippen molar-refractivity contribution in [1.82, 2.24) is 0 Å². The van der Waals surface area contributed by atoms with Crippen LogP contribution in [0, 0.1) is 11.3 Å². The number of hydrogen-bond acceptors (Lipinski definition) is 3. The molecule has 0 aromatic heterocycles. The van der Waals surface area contributed by atoms with Crippen LogP contribution in [-0.4, -0.2) is 20.6 Å². The minimum atomic E-state index is -1.11. The number of amides is 1. The van der Waals surface area contributed by atoms with Gasteiger partial charge in [0.2, 0.25) is 5.91 Å². The second kappa shape index (κ2) is 6.67.